The van der Waals surface area contributed by atoms with Crippen molar-refractivity contribution >= 4 is 23.6 Å². The van der Waals surface area contributed by atoms with Gasteiger partial charge in [-0.25, -0.2) is 0 Å². The average molecular weight is 364 g/mol. The van der Waals surface area contributed by atoms with Crippen molar-refractivity contribution in [3.8, 4) is 5.75 Å². The minimum atomic E-state index is -0.123. The summed E-state index contributed by atoms with van der Waals surface area (Å²) in [4.78, 5) is 25.5. The third-order valence-electron chi connectivity index (χ3n) is 4.58. The van der Waals surface area contributed by atoms with Gasteiger partial charge in [0.15, 0.2) is 0 Å². The van der Waals surface area contributed by atoms with Crippen molar-refractivity contribution in [3.63, 3.8) is 0 Å². The van der Waals surface area contributed by atoms with Gasteiger partial charge >= 0.3 is 0 Å². The van der Waals surface area contributed by atoms with Crippen molar-refractivity contribution in [1.29, 1.82) is 0 Å². The zero-order valence-electron chi connectivity index (χ0n) is 15.5. The van der Waals surface area contributed by atoms with E-state index in [9.17, 15) is 9.59 Å². The highest BCUT2D eigenvalue weighted by Crippen LogP contribution is 2.21. The van der Waals surface area contributed by atoms with Crippen molar-refractivity contribution in [3.05, 3.63) is 65.7 Å². The first-order chi connectivity index (χ1) is 13.2. The normalized spacial score (nSPS) is 14.0. The van der Waals surface area contributed by atoms with Gasteiger partial charge in [0, 0.05) is 31.3 Å². The molecular formula is C22H24N2O3. The molecule has 0 bridgehead atoms. The number of benzene rings is 2. The van der Waals surface area contributed by atoms with Gasteiger partial charge in [0.25, 0.3) is 0 Å². The molecule has 5 nitrogen and oxygen atoms in total. The summed E-state index contributed by atoms with van der Waals surface area (Å²) < 4.78 is 5.13. The lowest BCUT2D eigenvalue weighted by atomic mass is 10.1. The Balaban J connectivity index is 1.45. The molecule has 1 saturated heterocycles. The van der Waals surface area contributed by atoms with Crippen LogP contribution >= 0.6 is 0 Å². The fourth-order valence-electron chi connectivity index (χ4n) is 3.04. The SMILES string of the molecule is COc1ccc(CCNC(=O)C=Cc2ccc(N3CCCC3=O)cc2)cc1. The number of hydrogen-bond donors (Lipinski definition) is 1. The lowest BCUT2D eigenvalue weighted by molar-refractivity contribution is -0.117. The molecule has 0 saturated carbocycles. The molecule has 1 N–H and O–H groups in total. The van der Waals surface area contributed by atoms with E-state index in [2.05, 4.69) is 5.32 Å². The molecule has 1 heterocycles. The zero-order chi connectivity index (χ0) is 19.1. The van der Waals surface area contributed by atoms with Gasteiger partial charge in [0.05, 0.1) is 7.11 Å². The van der Waals surface area contributed by atoms with Crippen LogP contribution in [0.25, 0.3) is 6.08 Å². The molecule has 27 heavy (non-hydrogen) atoms. The molecule has 1 aliphatic rings. The van der Waals surface area contributed by atoms with Crippen LogP contribution in [0.1, 0.15) is 24.0 Å². The second kappa shape index (κ2) is 9.03. The van der Waals surface area contributed by atoms with Crippen LogP contribution in [0.15, 0.2) is 54.6 Å². The molecule has 3 rings (SSSR count). The predicted octanol–water partition coefficient (Wildman–Crippen LogP) is 3.19. The number of rotatable bonds is 7. The Morgan fingerprint density at radius 2 is 1.89 bits per heavy atom. The Labute approximate surface area is 159 Å². The molecule has 1 aliphatic heterocycles. The molecule has 0 atom stereocenters. The number of nitrogens with one attached hydrogen (secondary N) is 1. The summed E-state index contributed by atoms with van der Waals surface area (Å²) >= 11 is 0. The van der Waals surface area contributed by atoms with Crippen molar-refractivity contribution in [2.75, 3.05) is 25.1 Å². The first kappa shape index (κ1) is 18.7. The van der Waals surface area contributed by atoms with Crippen LogP contribution in [0.3, 0.4) is 0 Å². The number of amides is 2. The van der Waals surface area contributed by atoms with Gasteiger partial charge in [-0.2, -0.15) is 0 Å². The van der Waals surface area contributed by atoms with E-state index in [4.69, 9.17) is 4.74 Å². The van der Waals surface area contributed by atoms with Crippen molar-refractivity contribution in [2.24, 2.45) is 0 Å². The lowest BCUT2D eigenvalue weighted by Gasteiger charge is -2.15. The number of carbonyl (C=O) groups excluding carboxylic acids is 2. The predicted molar refractivity (Wildman–Crippen MR) is 107 cm³/mol. The molecule has 0 aliphatic carbocycles. The van der Waals surface area contributed by atoms with E-state index >= 15 is 0 Å². The minimum absolute atomic E-state index is 0.123. The van der Waals surface area contributed by atoms with E-state index in [1.54, 1.807) is 18.1 Å². The van der Waals surface area contributed by atoms with Crippen LogP contribution in [-0.2, 0) is 16.0 Å². The minimum Gasteiger partial charge on any atom is -0.497 e. The maximum Gasteiger partial charge on any atom is 0.244 e. The summed E-state index contributed by atoms with van der Waals surface area (Å²) in [5, 5.41) is 2.88. The fourth-order valence-corrected chi connectivity index (χ4v) is 3.04. The molecule has 2 aromatic carbocycles. The Kier molecular flexibility index (Phi) is 6.26. The number of anilines is 1. The summed E-state index contributed by atoms with van der Waals surface area (Å²) in [5.41, 5.74) is 2.99. The maximum absolute atomic E-state index is 12.0. The van der Waals surface area contributed by atoms with E-state index in [0.717, 1.165) is 42.0 Å². The number of ether oxygens (including phenoxy) is 1. The summed E-state index contributed by atoms with van der Waals surface area (Å²) in [6.07, 6.45) is 5.61. The van der Waals surface area contributed by atoms with Gasteiger partial charge in [-0.3, -0.25) is 9.59 Å². The number of nitrogens with zero attached hydrogens (tertiary/aromatic N) is 1. The largest absolute Gasteiger partial charge is 0.497 e. The van der Waals surface area contributed by atoms with Crippen LogP contribution in [0.4, 0.5) is 5.69 Å². The summed E-state index contributed by atoms with van der Waals surface area (Å²) in [6, 6.07) is 15.5. The molecule has 140 valence electrons. The van der Waals surface area contributed by atoms with E-state index in [0.29, 0.717) is 13.0 Å². The van der Waals surface area contributed by atoms with Crippen LogP contribution in [0.5, 0.6) is 5.75 Å². The number of methoxy groups -OCH3 is 1. The van der Waals surface area contributed by atoms with Gasteiger partial charge < -0.3 is 15.0 Å². The average Bonchev–Trinajstić information content (AvgIpc) is 3.13. The van der Waals surface area contributed by atoms with Crippen LogP contribution in [0.2, 0.25) is 0 Å². The smallest absolute Gasteiger partial charge is 0.244 e. The lowest BCUT2D eigenvalue weighted by Crippen LogP contribution is -2.23. The Morgan fingerprint density at radius 3 is 2.52 bits per heavy atom. The molecule has 2 amide bonds. The zero-order valence-corrected chi connectivity index (χ0v) is 15.5. The van der Waals surface area contributed by atoms with Gasteiger partial charge in [0.1, 0.15) is 5.75 Å². The Hall–Kier alpha value is -3.08. The molecule has 0 radical (unpaired) electrons. The van der Waals surface area contributed by atoms with E-state index in [-0.39, 0.29) is 11.8 Å². The summed E-state index contributed by atoms with van der Waals surface area (Å²) in [6.45, 7) is 1.36. The molecule has 2 aromatic rings. The monoisotopic (exact) mass is 364 g/mol. The van der Waals surface area contributed by atoms with E-state index in [1.165, 1.54) is 6.08 Å². The molecule has 0 aromatic heterocycles. The topological polar surface area (TPSA) is 58.6 Å². The Bertz CT molecular complexity index is 810. The second-order valence-corrected chi connectivity index (χ2v) is 6.46. The van der Waals surface area contributed by atoms with Crippen molar-refractivity contribution in [1.82, 2.24) is 5.32 Å². The van der Waals surface area contributed by atoms with E-state index in [1.807, 2.05) is 48.5 Å². The van der Waals surface area contributed by atoms with Crippen LogP contribution in [-0.4, -0.2) is 32.0 Å². The first-order valence-electron chi connectivity index (χ1n) is 9.15. The fraction of sp³-hybridized carbons (Fsp3) is 0.273. The highest BCUT2D eigenvalue weighted by Gasteiger charge is 2.21. The highest BCUT2D eigenvalue weighted by atomic mass is 16.5. The van der Waals surface area contributed by atoms with Crippen molar-refractivity contribution < 1.29 is 14.3 Å². The summed E-state index contributed by atoms with van der Waals surface area (Å²) in [5.74, 6) is 0.877. The highest BCUT2D eigenvalue weighted by molar-refractivity contribution is 5.95. The third kappa shape index (κ3) is 5.20. The third-order valence-corrected chi connectivity index (χ3v) is 4.58. The second-order valence-electron chi connectivity index (χ2n) is 6.46. The number of carbonyl (C=O) groups is 2. The van der Waals surface area contributed by atoms with Crippen molar-refractivity contribution in [2.45, 2.75) is 19.3 Å². The number of hydrogen-bond acceptors (Lipinski definition) is 3. The first-order valence-corrected chi connectivity index (χ1v) is 9.15. The molecule has 1 fully saturated rings. The van der Waals surface area contributed by atoms with Gasteiger partial charge in [-0.05, 0) is 54.3 Å². The van der Waals surface area contributed by atoms with E-state index < -0.39 is 0 Å². The molecule has 0 unspecified atom stereocenters. The maximum atomic E-state index is 12.0. The van der Waals surface area contributed by atoms with Crippen LogP contribution < -0.4 is 15.0 Å². The van der Waals surface area contributed by atoms with Gasteiger partial charge in [0.2, 0.25) is 11.8 Å². The summed E-state index contributed by atoms with van der Waals surface area (Å²) in [7, 11) is 1.64. The van der Waals surface area contributed by atoms with Crippen LogP contribution in [0, 0.1) is 0 Å². The standard InChI is InChI=1S/C22H24N2O3/c1-27-20-11-6-18(7-12-20)14-15-23-21(25)13-8-17-4-9-19(10-5-17)24-16-2-3-22(24)26/h4-13H,2-3,14-16H2,1H3,(H,23,25). The molecule has 0 spiro atoms. The van der Waals surface area contributed by atoms with Gasteiger partial charge in [-0.1, -0.05) is 24.3 Å². The quantitative estimate of drug-likeness (QED) is 0.768. The molecular weight excluding hydrogens is 340 g/mol. The Morgan fingerprint density at radius 1 is 1.15 bits per heavy atom. The van der Waals surface area contributed by atoms with Gasteiger partial charge in [-0.15, -0.1) is 0 Å². The molecule has 5 heteroatoms.